The minimum Gasteiger partial charge on any atom is -0.345 e. The average Bonchev–Trinajstić information content (AvgIpc) is 2.86. The van der Waals surface area contributed by atoms with Crippen LogP contribution >= 0.6 is 0 Å². The molecule has 8 nitrogen and oxygen atoms in total. The largest absolute Gasteiger partial charge is 0.345 e. The highest BCUT2D eigenvalue weighted by Crippen LogP contribution is 2.29. The summed E-state index contributed by atoms with van der Waals surface area (Å²) in [5.74, 6) is -0.00119. The molecule has 0 radical (unpaired) electrons. The molecule has 0 fully saturated rings. The maximum atomic E-state index is 13.3. The number of hydrogen-bond acceptors (Lipinski definition) is 7. The van der Waals surface area contributed by atoms with Gasteiger partial charge in [0.15, 0.2) is 4.24 Å². The first kappa shape index (κ1) is 25.1. The molecule has 0 saturated heterocycles. The molecule has 3 aromatic rings. The Labute approximate surface area is 199 Å². The van der Waals surface area contributed by atoms with Crippen LogP contribution in [0.5, 0.6) is 0 Å². The van der Waals surface area contributed by atoms with E-state index < -0.39 is 23.9 Å². The number of nitrogens with one attached hydrogen (secondary N) is 1. The second-order valence-electron chi connectivity index (χ2n) is 7.15. The van der Waals surface area contributed by atoms with Gasteiger partial charge in [-0.15, -0.1) is 0 Å². The van der Waals surface area contributed by atoms with Crippen molar-refractivity contribution in [3.05, 3.63) is 95.0 Å². The van der Waals surface area contributed by atoms with Crippen LogP contribution in [0.3, 0.4) is 0 Å². The number of aromatic nitrogens is 1. The molecule has 1 heterocycles. The Morgan fingerprint density at radius 1 is 0.824 bits per heavy atom. The third-order valence-electron chi connectivity index (χ3n) is 5.04. The molecule has 0 aliphatic carbocycles. The summed E-state index contributed by atoms with van der Waals surface area (Å²) in [5, 5.41) is 2.66. The first-order valence-corrected chi connectivity index (χ1v) is 13.5. The van der Waals surface area contributed by atoms with Gasteiger partial charge in [-0.2, -0.15) is 0 Å². The number of hydrogen-bond donors (Lipinski definition) is 1. The third kappa shape index (κ3) is 5.35. The van der Waals surface area contributed by atoms with E-state index in [-0.39, 0.29) is 21.5 Å². The number of nitrogens with zero attached hydrogens (tertiary/aromatic N) is 2. The van der Waals surface area contributed by atoms with Crippen molar-refractivity contribution in [2.75, 3.05) is 18.4 Å². The summed E-state index contributed by atoms with van der Waals surface area (Å²) in [6.45, 7) is 4.85. The van der Waals surface area contributed by atoms with Gasteiger partial charge in [0.1, 0.15) is 5.82 Å². The second-order valence-corrected chi connectivity index (χ2v) is 11.2. The van der Waals surface area contributed by atoms with E-state index in [1.54, 1.807) is 23.1 Å². The van der Waals surface area contributed by atoms with Gasteiger partial charge in [-0.25, -0.2) is 21.8 Å². The zero-order valence-corrected chi connectivity index (χ0v) is 20.4. The Kier molecular flexibility index (Phi) is 7.85. The Morgan fingerprint density at radius 3 is 1.74 bits per heavy atom. The van der Waals surface area contributed by atoms with Gasteiger partial charge in [0.05, 0.1) is 15.4 Å². The molecule has 34 heavy (non-hydrogen) atoms. The monoisotopic (exact) mass is 499 g/mol. The van der Waals surface area contributed by atoms with Crippen molar-refractivity contribution in [2.24, 2.45) is 0 Å². The minimum absolute atomic E-state index is 0.157. The topological polar surface area (TPSA) is 114 Å². The molecule has 0 spiro atoms. The molecule has 3 rings (SSSR count). The summed E-state index contributed by atoms with van der Waals surface area (Å²) in [6, 6.07) is 17.7. The zero-order chi connectivity index (χ0) is 24.8. The summed E-state index contributed by atoms with van der Waals surface area (Å²) in [5.41, 5.74) is 0.368. The minimum atomic E-state index is -4.39. The van der Waals surface area contributed by atoms with Crippen molar-refractivity contribution in [1.82, 2.24) is 9.88 Å². The molecular weight excluding hydrogens is 474 g/mol. The molecule has 1 amide bonds. The van der Waals surface area contributed by atoms with Crippen molar-refractivity contribution in [2.45, 2.75) is 23.6 Å². The number of sulfone groups is 2. The van der Waals surface area contributed by atoms with Crippen LogP contribution in [0.25, 0.3) is 0 Å². The molecule has 1 aromatic heterocycles. The fourth-order valence-electron chi connectivity index (χ4n) is 3.16. The number of pyridine rings is 1. The van der Waals surface area contributed by atoms with Crippen LogP contribution in [0.1, 0.15) is 24.2 Å². The molecule has 10 heteroatoms. The normalized spacial score (nSPS) is 11.5. The number of amides is 1. The van der Waals surface area contributed by atoms with E-state index in [0.717, 1.165) is 6.20 Å². The van der Waals surface area contributed by atoms with Crippen LogP contribution in [-0.2, 0) is 19.7 Å². The predicted octanol–water partition coefficient (Wildman–Crippen LogP) is 3.72. The molecule has 1 N–H and O–H groups in total. The lowest BCUT2D eigenvalue weighted by molar-refractivity contribution is 0.0772. The third-order valence-corrected chi connectivity index (χ3v) is 9.43. The number of carbonyl (C=O) groups is 1. The van der Waals surface area contributed by atoms with Gasteiger partial charge in [0.25, 0.3) is 5.91 Å². The standard InChI is InChI=1S/C24H25N3O5S2/c1-3-27(4-2)24(28)19-15-16-22(25-17-19)26-18-23(33(29,30)20-11-7-5-8-12-20)34(31,32)21-13-9-6-10-14-21/h5-18H,3-4H2,1-2H3,(H,25,26). The van der Waals surface area contributed by atoms with Gasteiger partial charge in [-0.3, -0.25) is 4.79 Å². The lowest BCUT2D eigenvalue weighted by Crippen LogP contribution is -2.30. The first-order chi connectivity index (χ1) is 16.2. The molecule has 178 valence electrons. The maximum absolute atomic E-state index is 13.3. The number of rotatable bonds is 9. The quantitative estimate of drug-likeness (QED) is 0.477. The van der Waals surface area contributed by atoms with Crippen molar-refractivity contribution >= 4 is 31.4 Å². The highest BCUT2D eigenvalue weighted by atomic mass is 32.3. The second kappa shape index (κ2) is 10.6. The van der Waals surface area contributed by atoms with Crippen LogP contribution in [0.15, 0.2) is 99.2 Å². The van der Waals surface area contributed by atoms with Gasteiger partial charge >= 0.3 is 0 Å². The summed E-state index contributed by atoms with van der Waals surface area (Å²) >= 11 is 0. The smallest absolute Gasteiger partial charge is 0.255 e. The fourth-order valence-corrected chi connectivity index (χ4v) is 6.82. The van der Waals surface area contributed by atoms with Crippen molar-refractivity contribution in [3.63, 3.8) is 0 Å². The van der Waals surface area contributed by atoms with Crippen LogP contribution in [0.2, 0.25) is 0 Å². The molecule has 0 saturated carbocycles. The lowest BCUT2D eigenvalue weighted by atomic mass is 10.2. The zero-order valence-electron chi connectivity index (χ0n) is 18.7. The van der Waals surface area contributed by atoms with Crippen molar-refractivity contribution < 1.29 is 21.6 Å². The Hall–Kier alpha value is -3.50. The Morgan fingerprint density at radius 2 is 1.32 bits per heavy atom. The Balaban J connectivity index is 2.01. The van der Waals surface area contributed by atoms with Crippen LogP contribution < -0.4 is 5.32 Å². The summed E-state index contributed by atoms with van der Waals surface area (Å²) in [7, 11) is -8.79. The van der Waals surface area contributed by atoms with E-state index in [1.807, 2.05) is 13.8 Å². The predicted molar refractivity (Wildman–Crippen MR) is 130 cm³/mol. The van der Waals surface area contributed by atoms with E-state index in [9.17, 15) is 21.6 Å². The highest BCUT2D eigenvalue weighted by Gasteiger charge is 2.33. The SMILES string of the molecule is CCN(CC)C(=O)c1ccc(NC=C(S(=O)(=O)c2ccccc2)S(=O)(=O)c2ccccc2)nc1. The molecule has 2 aromatic carbocycles. The first-order valence-electron chi connectivity index (χ1n) is 10.5. The molecule has 0 aliphatic heterocycles. The van der Waals surface area contributed by atoms with E-state index in [2.05, 4.69) is 10.3 Å². The van der Waals surface area contributed by atoms with Gasteiger partial charge in [0, 0.05) is 25.5 Å². The van der Waals surface area contributed by atoms with E-state index >= 15 is 0 Å². The Bertz CT molecular complexity index is 1300. The van der Waals surface area contributed by atoms with Gasteiger partial charge in [-0.05, 0) is 50.2 Å². The number of carbonyl (C=O) groups excluding carboxylic acids is 1. The molecule has 0 atom stereocenters. The van der Waals surface area contributed by atoms with Crippen molar-refractivity contribution in [3.8, 4) is 0 Å². The van der Waals surface area contributed by atoms with Crippen LogP contribution in [0.4, 0.5) is 5.82 Å². The number of benzene rings is 2. The fraction of sp³-hybridized carbons (Fsp3) is 0.167. The summed E-state index contributed by atoms with van der Waals surface area (Å²) in [6.07, 6.45) is 2.27. The van der Waals surface area contributed by atoms with E-state index in [1.165, 1.54) is 60.8 Å². The highest BCUT2D eigenvalue weighted by molar-refractivity contribution is 8.14. The summed E-state index contributed by atoms with van der Waals surface area (Å²) in [4.78, 5) is 17.9. The lowest BCUT2D eigenvalue weighted by Gasteiger charge is -2.18. The average molecular weight is 500 g/mol. The van der Waals surface area contributed by atoms with E-state index in [0.29, 0.717) is 18.7 Å². The van der Waals surface area contributed by atoms with Crippen molar-refractivity contribution in [1.29, 1.82) is 0 Å². The van der Waals surface area contributed by atoms with Crippen LogP contribution in [-0.4, -0.2) is 45.7 Å². The van der Waals surface area contributed by atoms with Gasteiger partial charge in [0.2, 0.25) is 19.7 Å². The van der Waals surface area contributed by atoms with Gasteiger partial charge in [-0.1, -0.05) is 36.4 Å². The molecular formula is C24H25N3O5S2. The maximum Gasteiger partial charge on any atom is 0.255 e. The van der Waals surface area contributed by atoms with E-state index in [4.69, 9.17) is 0 Å². The van der Waals surface area contributed by atoms with Crippen LogP contribution in [0, 0.1) is 0 Å². The summed E-state index contributed by atoms with van der Waals surface area (Å²) < 4.78 is 52.4. The molecule has 0 unspecified atom stereocenters. The number of anilines is 1. The molecule has 0 aliphatic rings. The van der Waals surface area contributed by atoms with Gasteiger partial charge < -0.3 is 10.2 Å². The molecule has 0 bridgehead atoms.